The maximum atomic E-state index is 12.7. The highest BCUT2D eigenvalue weighted by Gasteiger charge is 2.33. The van der Waals surface area contributed by atoms with Gasteiger partial charge in [-0.25, -0.2) is 4.68 Å². The average Bonchev–Trinajstić information content (AvgIpc) is 3.24. The van der Waals surface area contributed by atoms with Gasteiger partial charge in [-0.3, -0.25) is 4.79 Å². The maximum Gasteiger partial charge on any atom is 0.227 e. The van der Waals surface area contributed by atoms with Crippen molar-refractivity contribution < 1.29 is 14.3 Å². The molecule has 0 spiro atoms. The van der Waals surface area contributed by atoms with E-state index in [1.807, 2.05) is 49.4 Å². The number of anilines is 1. The summed E-state index contributed by atoms with van der Waals surface area (Å²) in [4.78, 5) is 17.4. The molecule has 0 saturated carbocycles. The first kappa shape index (κ1) is 25.3. The van der Waals surface area contributed by atoms with Crippen LogP contribution in [0.1, 0.15) is 50.8 Å². The van der Waals surface area contributed by atoms with Gasteiger partial charge in [-0.15, -0.1) is 5.10 Å². The van der Waals surface area contributed by atoms with E-state index in [2.05, 4.69) is 33.2 Å². The minimum absolute atomic E-state index is 0.0183. The van der Waals surface area contributed by atoms with Crippen LogP contribution in [0.25, 0.3) is 0 Å². The quantitative estimate of drug-likeness (QED) is 0.228. The number of unbranched alkanes of at least 4 members (excludes halogenated alkanes) is 1. The molecule has 1 aromatic heterocycles. The van der Waals surface area contributed by atoms with Crippen LogP contribution in [0, 0.1) is 0 Å². The van der Waals surface area contributed by atoms with Gasteiger partial charge < -0.3 is 14.8 Å². The van der Waals surface area contributed by atoms with Gasteiger partial charge in [-0.05, 0) is 55.7 Å². The molecule has 184 valence electrons. The topological polar surface area (TPSA) is 78.3 Å². The third-order valence-corrected chi connectivity index (χ3v) is 7.15. The summed E-state index contributed by atoms with van der Waals surface area (Å²) in [5.41, 5.74) is 3.35. The standard InChI is InChI=1S/C26H29BrN4O3S/c1-5-6-12-35-26-29-25-28-16(2)23(17(3)32)24(31(25)30-26)19-10-11-21(22(14-19)33-4)34-15-18-8-7-9-20(27)13-18/h7-11,13-14,24H,5-6,12,15H2,1-4H3,(H,28,29,30). The predicted octanol–water partition coefficient (Wildman–Crippen LogP) is 6.40. The van der Waals surface area contributed by atoms with Crippen LogP contribution < -0.4 is 14.8 Å². The Hall–Kier alpha value is -2.78. The first-order valence-electron chi connectivity index (χ1n) is 11.5. The lowest BCUT2D eigenvalue weighted by molar-refractivity contribution is -0.114. The van der Waals surface area contributed by atoms with Crippen LogP contribution in [0.5, 0.6) is 11.5 Å². The Morgan fingerprint density at radius 1 is 1.23 bits per heavy atom. The molecule has 7 nitrogen and oxygen atoms in total. The smallest absolute Gasteiger partial charge is 0.227 e. The summed E-state index contributed by atoms with van der Waals surface area (Å²) >= 11 is 5.12. The molecule has 1 N–H and O–H groups in total. The fraction of sp³-hybridized carbons (Fsp3) is 0.346. The van der Waals surface area contributed by atoms with E-state index in [4.69, 9.17) is 14.6 Å². The number of allylic oxidation sites excluding steroid dienone is 2. The lowest BCUT2D eigenvalue weighted by Gasteiger charge is -2.28. The van der Waals surface area contributed by atoms with Gasteiger partial charge in [-0.2, -0.15) is 4.98 Å². The molecule has 0 bridgehead atoms. The number of fused-ring (bicyclic) bond motifs is 1. The number of hydrogen-bond donors (Lipinski definition) is 1. The molecule has 1 aliphatic heterocycles. The van der Waals surface area contributed by atoms with Crippen LogP contribution in [-0.4, -0.2) is 33.4 Å². The van der Waals surface area contributed by atoms with E-state index in [-0.39, 0.29) is 5.78 Å². The number of rotatable bonds is 10. The Labute approximate surface area is 218 Å². The zero-order valence-corrected chi connectivity index (χ0v) is 22.7. The highest BCUT2D eigenvalue weighted by molar-refractivity contribution is 9.10. The lowest BCUT2D eigenvalue weighted by atomic mass is 9.93. The van der Waals surface area contributed by atoms with Gasteiger partial charge in [0.05, 0.1) is 7.11 Å². The molecule has 1 aliphatic rings. The number of nitrogens with zero attached hydrogens (tertiary/aromatic N) is 3. The van der Waals surface area contributed by atoms with Gasteiger partial charge in [-0.1, -0.05) is 59.2 Å². The van der Waals surface area contributed by atoms with Gasteiger partial charge >= 0.3 is 0 Å². The molecule has 3 aromatic rings. The van der Waals surface area contributed by atoms with Gasteiger partial charge in [0.15, 0.2) is 17.3 Å². The summed E-state index contributed by atoms with van der Waals surface area (Å²) in [7, 11) is 1.61. The molecule has 4 rings (SSSR count). The molecule has 0 radical (unpaired) electrons. The van der Waals surface area contributed by atoms with Crippen LogP contribution in [0.4, 0.5) is 5.95 Å². The molecular weight excluding hydrogens is 528 g/mol. The zero-order chi connectivity index (χ0) is 24.9. The Kier molecular flexibility index (Phi) is 8.18. The van der Waals surface area contributed by atoms with Crippen LogP contribution in [0.2, 0.25) is 0 Å². The number of nitrogens with one attached hydrogen (secondary N) is 1. The number of hydrogen-bond acceptors (Lipinski definition) is 7. The second kappa shape index (κ2) is 11.3. The molecule has 1 atom stereocenters. The number of halogens is 1. The van der Waals surface area contributed by atoms with Crippen molar-refractivity contribution in [2.45, 2.75) is 51.4 Å². The number of carbonyl (C=O) groups excluding carboxylic acids is 1. The summed E-state index contributed by atoms with van der Waals surface area (Å²) in [6, 6.07) is 13.3. The van der Waals surface area contributed by atoms with Crippen molar-refractivity contribution in [3.05, 3.63) is 69.3 Å². The molecule has 1 unspecified atom stereocenters. The first-order chi connectivity index (χ1) is 16.9. The van der Waals surface area contributed by atoms with E-state index < -0.39 is 6.04 Å². The summed E-state index contributed by atoms with van der Waals surface area (Å²) in [5.74, 6) is 2.79. The van der Waals surface area contributed by atoms with Crippen molar-refractivity contribution in [2.75, 3.05) is 18.2 Å². The summed E-state index contributed by atoms with van der Waals surface area (Å²) in [6.45, 7) is 6.05. The van der Waals surface area contributed by atoms with Crippen molar-refractivity contribution in [2.24, 2.45) is 0 Å². The fourth-order valence-electron chi connectivity index (χ4n) is 4.03. The van der Waals surface area contributed by atoms with Crippen LogP contribution in [0.15, 0.2) is 63.4 Å². The molecule has 0 saturated heterocycles. The number of aromatic nitrogens is 3. The number of thioether (sulfide) groups is 1. The SMILES string of the molecule is CCCCSc1nc2n(n1)C(c1ccc(OCc3cccc(Br)c3)c(OC)c1)C(C(C)=O)=C(C)N2. The van der Waals surface area contributed by atoms with Crippen molar-refractivity contribution in [3.63, 3.8) is 0 Å². The van der Waals surface area contributed by atoms with E-state index in [1.54, 1.807) is 30.5 Å². The Balaban J connectivity index is 1.66. The third-order valence-electron chi connectivity index (χ3n) is 5.73. The van der Waals surface area contributed by atoms with Gasteiger partial charge in [0.1, 0.15) is 12.6 Å². The van der Waals surface area contributed by atoms with Crippen molar-refractivity contribution in [1.29, 1.82) is 0 Å². The van der Waals surface area contributed by atoms with Gasteiger partial charge in [0.2, 0.25) is 11.1 Å². The summed E-state index contributed by atoms with van der Waals surface area (Å²) in [6.07, 6.45) is 2.21. The Bertz CT molecular complexity index is 1260. The lowest BCUT2D eigenvalue weighted by Crippen LogP contribution is -2.27. The number of ether oxygens (including phenoxy) is 2. The number of carbonyl (C=O) groups is 1. The average molecular weight is 558 g/mol. The second-order valence-electron chi connectivity index (χ2n) is 8.32. The number of ketones is 1. The monoisotopic (exact) mass is 556 g/mol. The molecule has 9 heteroatoms. The minimum Gasteiger partial charge on any atom is -0.493 e. The Morgan fingerprint density at radius 2 is 2.06 bits per heavy atom. The van der Waals surface area contributed by atoms with Crippen molar-refractivity contribution in [3.8, 4) is 11.5 Å². The fourth-order valence-corrected chi connectivity index (χ4v) is 5.39. The largest absolute Gasteiger partial charge is 0.493 e. The van der Waals surface area contributed by atoms with Crippen LogP contribution in [-0.2, 0) is 11.4 Å². The molecule has 2 aromatic carbocycles. The normalized spacial score (nSPS) is 14.9. The second-order valence-corrected chi connectivity index (χ2v) is 10.3. The maximum absolute atomic E-state index is 12.7. The molecule has 0 aliphatic carbocycles. The van der Waals surface area contributed by atoms with E-state index in [1.165, 1.54) is 0 Å². The zero-order valence-electron chi connectivity index (χ0n) is 20.3. The molecule has 35 heavy (non-hydrogen) atoms. The van der Waals surface area contributed by atoms with E-state index in [9.17, 15) is 4.79 Å². The highest BCUT2D eigenvalue weighted by atomic mass is 79.9. The van der Waals surface area contributed by atoms with E-state index in [0.717, 1.165) is 39.9 Å². The van der Waals surface area contributed by atoms with E-state index in [0.29, 0.717) is 34.8 Å². The number of Topliss-reactive ketones (excluding diaryl/α,β-unsaturated/α-hetero) is 1. The van der Waals surface area contributed by atoms with Crippen molar-refractivity contribution >= 4 is 39.4 Å². The van der Waals surface area contributed by atoms with Crippen LogP contribution >= 0.6 is 27.7 Å². The number of benzene rings is 2. The van der Waals surface area contributed by atoms with Gasteiger partial charge in [0, 0.05) is 21.5 Å². The molecular formula is C26H29BrN4O3S. The molecule has 2 heterocycles. The number of methoxy groups -OCH3 is 1. The van der Waals surface area contributed by atoms with Crippen LogP contribution in [0.3, 0.4) is 0 Å². The van der Waals surface area contributed by atoms with E-state index >= 15 is 0 Å². The minimum atomic E-state index is -0.412. The van der Waals surface area contributed by atoms with Gasteiger partial charge in [0.25, 0.3) is 0 Å². The third kappa shape index (κ3) is 5.73. The molecule has 0 amide bonds. The molecule has 0 fully saturated rings. The summed E-state index contributed by atoms with van der Waals surface area (Å²) < 4.78 is 14.5. The Morgan fingerprint density at radius 3 is 2.77 bits per heavy atom. The first-order valence-corrected chi connectivity index (χ1v) is 13.3. The highest BCUT2D eigenvalue weighted by Crippen LogP contribution is 2.39. The van der Waals surface area contributed by atoms with Crippen molar-refractivity contribution in [1.82, 2.24) is 14.8 Å². The summed E-state index contributed by atoms with van der Waals surface area (Å²) in [5, 5.41) is 8.71. The predicted molar refractivity (Wildman–Crippen MR) is 142 cm³/mol.